The summed E-state index contributed by atoms with van der Waals surface area (Å²) in [5, 5.41) is 11.0. The van der Waals surface area contributed by atoms with Gasteiger partial charge in [0.2, 0.25) is 5.78 Å². The molecule has 0 aliphatic carbocycles. The van der Waals surface area contributed by atoms with Gasteiger partial charge in [0, 0.05) is 42.2 Å². The molecule has 0 saturated heterocycles. The summed E-state index contributed by atoms with van der Waals surface area (Å²) in [6.45, 7) is 0. The minimum atomic E-state index is -0.983. The number of Topliss-reactive ketones (excluding diaryl/α,β-unsaturated/α-hetero) is 1. The molecule has 0 aliphatic heterocycles. The normalized spacial score (nSPS) is 11.3. The number of methoxy groups -OCH3 is 4. The van der Waals surface area contributed by atoms with Gasteiger partial charge < -0.3 is 18.9 Å². The van der Waals surface area contributed by atoms with E-state index < -0.39 is 22.6 Å². The maximum absolute atomic E-state index is 12.3. The number of carbonyl (C=O) groups is 2. The van der Waals surface area contributed by atoms with E-state index in [1.807, 2.05) is 0 Å². The molecule has 0 fully saturated rings. The van der Waals surface area contributed by atoms with Crippen LogP contribution in [-0.2, 0) is 14.3 Å². The van der Waals surface area contributed by atoms with Gasteiger partial charge in [0.1, 0.15) is 17.2 Å². The quantitative estimate of drug-likeness (QED) is 0.272. The number of nitrogens with zero attached hydrogens (tertiary/aromatic N) is 1. The number of rotatable bonds is 9. The van der Waals surface area contributed by atoms with Crippen molar-refractivity contribution in [2.75, 3.05) is 28.4 Å². The third kappa shape index (κ3) is 4.81. The number of esters is 1. The molecule has 0 aliphatic rings. The van der Waals surface area contributed by atoms with Crippen LogP contribution in [0.1, 0.15) is 23.5 Å². The number of carbonyl (C=O) groups excluding carboxylic acids is 2. The molecule has 0 unspecified atom stereocenters. The first-order valence-electron chi connectivity index (χ1n) is 8.51. The first-order valence-corrected chi connectivity index (χ1v) is 8.51. The average molecular weight is 403 g/mol. The molecule has 9 heteroatoms. The molecular weight excluding hydrogens is 382 g/mol. The van der Waals surface area contributed by atoms with Crippen LogP contribution in [0.5, 0.6) is 17.2 Å². The van der Waals surface area contributed by atoms with Gasteiger partial charge in [0.25, 0.3) is 5.69 Å². The molecule has 2 aromatic carbocycles. The van der Waals surface area contributed by atoms with Crippen LogP contribution in [0.3, 0.4) is 0 Å². The zero-order valence-corrected chi connectivity index (χ0v) is 16.5. The van der Waals surface area contributed by atoms with Crippen molar-refractivity contribution in [2.45, 2.75) is 12.3 Å². The third-order valence-electron chi connectivity index (χ3n) is 4.41. The lowest BCUT2D eigenvalue weighted by Gasteiger charge is -2.23. The fourth-order valence-corrected chi connectivity index (χ4v) is 2.97. The molecule has 0 heterocycles. The smallest absolute Gasteiger partial charge is 0.374 e. The average Bonchev–Trinajstić information content (AvgIpc) is 2.75. The molecule has 154 valence electrons. The minimum Gasteiger partial charge on any atom is -0.496 e. The third-order valence-corrected chi connectivity index (χ3v) is 4.41. The summed E-state index contributed by atoms with van der Waals surface area (Å²) >= 11 is 0. The highest BCUT2D eigenvalue weighted by Crippen LogP contribution is 2.43. The Morgan fingerprint density at radius 2 is 1.52 bits per heavy atom. The maximum Gasteiger partial charge on any atom is 0.374 e. The van der Waals surface area contributed by atoms with Gasteiger partial charge in [-0.1, -0.05) is 12.1 Å². The molecule has 9 nitrogen and oxygen atoms in total. The Kier molecular flexibility index (Phi) is 7.13. The second-order valence-electron chi connectivity index (χ2n) is 5.97. The van der Waals surface area contributed by atoms with E-state index in [0.717, 1.165) is 7.11 Å². The van der Waals surface area contributed by atoms with Crippen LogP contribution in [0.15, 0.2) is 36.4 Å². The first-order chi connectivity index (χ1) is 13.9. The Balaban J connectivity index is 2.65. The summed E-state index contributed by atoms with van der Waals surface area (Å²) in [7, 11) is 5.51. The number of ether oxygens (including phenoxy) is 4. The molecule has 0 amide bonds. The predicted octanol–water partition coefficient (Wildman–Crippen LogP) is 2.88. The zero-order valence-electron chi connectivity index (χ0n) is 16.5. The van der Waals surface area contributed by atoms with Crippen molar-refractivity contribution in [1.29, 1.82) is 0 Å². The molecule has 0 aromatic heterocycles. The standard InChI is InChI=1S/C20H21NO8/c1-26-14-9-17(27-2)19(18(10-14)28-3)15(11-16(22)20(23)29-4)12-5-7-13(8-6-12)21(24)25/h5-10,15H,11H2,1-4H3/t15-/m1/s1. The Labute approximate surface area is 167 Å². The molecule has 0 bridgehead atoms. The molecular formula is C20H21NO8. The van der Waals surface area contributed by atoms with Crippen molar-refractivity contribution in [3.63, 3.8) is 0 Å². The highest BCUT2D eigenvalue weighted by molar-refractivity contribution is 6.33. The van der Waals surface area contributed by atoms with E-state index in [-0.39, 0.29) is 12.1 Å². The highest BCUT2D eigenvalue weighted by Gasteiger charge is 2.29. The zero-order chi connectivity index (χ0) is 21.6. The molecule has 0 N–H and O–H groups in total. The van der Waals surface area contributed by atoms with Gasteiger partial charge in [-0.25, -0.2) is 4.79 Å². The summed E-state index contributed by atoms with van der Waals surface area (Å²) in [6.07, 6.45) is -0.246. The molecule has 0 spiro atoms. The fourth-order valence-electron chi connectivity index (χ4n) is 2.97. The Hall–Kier alpha value is -3.62. The van der Waals surface area contributed by atoms with E-state index in [9.17, 15) is 19.7 Å². The van der Waals surface area contributed by atoms with Crippen molar-refractivity contribution in [3.05, 3.63) is 57.6 Å². The fraction of sp³-hybridized carbons (Fsp3) is 0.300. The monoisotopic (exact) mass is 403 g/mol. The lowest BCUT2D eigenvalue weighted by atomic mass is 9.85. The predicted molar refractivity (Wildman–Crippen MR) is 103 cm³/mol. The summed E-state index contributed by atoms with van der Waals surface area (Å²) < 4.78 is 20.7. The summed E-state index contributed by atoms with van der Waals surface area (Å²) in [4.78, 5) is 34.5. The number of nitro groups is 1. The van der Waals surface area contributed by atoms with Crippen LogP contribution in [0.2, 0.25) is 0 Å². The minimum absolute atomic E-state index is 0.0968. The topological polar surface area (TPSA) is 114 Å². The van der Waals surface area contributed by atoms with Gasteiger partial charge in [0.15, 0.2) is 0 Å². The molecule has 2 rings (SSSR count). The lowest BCUT2D eigenvalue weighted by Crippen LogP contribution is -2.20. The number of hydrogen-bond donors (Lipinski definition) is 0. The number of hydrogen-bond acceptors (Lipinski definition) is 8. The number of nitro benzene ring substituents is 1. The number of non-ortho nitro benzene ring substituents is 1. The van der Waals surface area contributed by atoms with Crippen molar-refractivity contribution in [1.82, 2.24) is 0 Å². The van der Waals surface area contributed by atoms with E-state index in [0.29, 0.717) is 28.4 Å². The Morgan fingerprint density at radius 1 is 0.966 bits per heavy atom. The molecule has 0 saturated carbocycles. The van der Waals surface area contributed by atoms with E-state index in [2.05, 4.69) is 4.74 Å². The number of benzene rings is 2. The lowest BCUT2D eigenvalue weighted by molar-refractivity contribution is -0.384. The second-order valence-corrected chi connectivity index (χ2v) is 5.97. The van der Waals surface area contributed by atoms with Gasteiger partial charge in [-0.2, -0.15) is 0 Å². The van der Waals surface area contributed by atoms with Crippen molar-refractivity contribution >= 4 is 17.4 Å². The van der Waals surface area contributed by atoms with E-state index in [1.54, 1.807) is 12.1 Å². The van der Waals surface area contributed by atoms with Crippen LogP contribution in [0, 0.1) is 10.1 Å². The maximum atomic E-state index is 12.3. The highest BCUT2D eigenvalue weighted by atomic mass is 16.6. The van der Waals surface area contributed by atoms with Gasteiger partial charge >= 0.3 is 5.97 Å². The Morgan fingerprint density at radius 3 is 1.93 bits per heavy atom. The van der Waals surface area contributed by atoms with E-state index in [1.165, 1.54) is 45.6 Å². The first kappa shape index (κ1) is 21.7. The summed E-state index contributed by atoms with van der Waals surface area (Å²) in [6, 6.07) is 8.95. The van der Waals surface area contributed by atoms with E-state index >= 15 is 0 Å². The van der Waals surface area contributed by atoms with Crippen molar-refractivity contribution < 1.29 is 33.5 Å². The van der Waals surface area contributed by atoms with E-state index in [4.69, 9.17) is 14.2 Å². The molecule has 1 atom stereocenters. The molecule has 0 radical (unpaired) electrons. The molecule has 29 heavy (non-hydrogen) atoms. The van der Waals surface area contributed by atoms with Gasteiger partial charge in [-0.05, 0) is 5.56 Å². The van der Waals surface area contributed by atoms with Crippen LogP contribution >= 0.6 is 0 Å². The summed E-state index contributed by atoms with van der Waals surface area (Å²) in [5.41, 5.74) is 0.969. The van der Waals surface area contributed by atoms with Gasteiger partial charge in [-0.15, -0.1) is 0 Å². The van der Waals surface area contributed by atoms with Crippen molar-refractivity contribution in [3.8, 4) is 17.2 Å². The van der Waals surface area contributed by atoms with Crippen molar-refractivity contribution in [2.24, 2.45) is 0 Å². The van der Waals surface area contributed by atoms with Crippen LogP contribution in [-0.4, -0.2) is 45.1 Å². The summed E-state index contributed by atoms with van der Waals surface area (Å²) in [5.74, 6) is -1.19. The molecule has 2 aromatic rings. The largest absolute Gasteiger partial charge is 0.496 e. The van der Waals surface area contributed by atoms with Crippen LogP contribution in [0.25, 0.3) is 0 Å². The van der Waals surface area contributed by atoms with Gasteiger partial charge in [0.05, 0.1) is 33.4 Å². The number of ketones is 1. The second kappa shape index (κ2) is 9.54. The SMILES string of the molecule is COC(=O)C(=O)C[C@H](c1ccc([N+](=O)[O-])cc1)c1c(OC)cc(OC)cc1OC. The Bertz CT molecular complexity index is 882. The van der Waals surface area contributed by atoms with Gasteiger partial charge in [-0.3, -0.25) is 14.9 Å². The van der Waals surface area contributed by atoms with Crippen LogP contribution < -0.4 is 14.2 Å². The van der Waals surface area contributed by atoms with Crippen LogP contribution in [0.4, 0.5) is 5.69 Å².